The van der Waals surface area contributed by atoms with E-state index in [4.69, 9.17) is 0 Å². The van der Waals surface area contributed by atoms with Crippen LogP contribution in [-0.2, 0) is 11.8 Å². The maximum atomic E-state index is 13.0. The minimum absolute atomic E-state index is 0.0379. The molecule has 1 fully saturated rings. The van der Waals surface area contributed by atoms with E-state index in [0.29, 0.717) is 22.8 Å². The molecule has 1 heterocycles. The van der Waals surface area contributed by atoms with Crippen molar-refractivity contribution < 1.29 is 9.18 Å². The van der Waals surface area contributed by atoms with E-state index < -0.39 is 0 Å². The fraction of sp³-hybridized carbons (Fsp3) is 0.500. The van der Waals surface area contributed by atoms with Crippen LogP contribution in [0.25, 0.3) is 11.4 Å². The summed E-state index contributed by atoms with van der Waals surface area (Å²) in [5, 5.41) is 12.1. The average molecular weight is 362 g/mol. The monoisotopic (exact) mass is 362 g/mol. The quantitative estimate of drug-likeness (QED) is 0.828. The van der Waals surface area contributed by atoms with Gasteiger partial charge in [0.2, 0.25) is 5.91 Å². The summed E-state index contributed by atoms with van der Waals surface area (Å²) < 4.78 is 14.9. The second-order valence-corrected chi connectivity index (χ2v) is 7.63. The summed E-state index contributed by atoms with van der Waals surface area (Å²) in [4.78, 5) is 12.2. The molecule has 1 N–H and O–H groups in total. The second-order valence-electron chi connectivity index (χ2n) is 6.69. The smallest absolute Gasteiger partial charge is 0.230 e. The average Bonchev–Trinajstić information content (AvgIpc) is 2.97. The van der Waals surface area contributed by atoms with Crippen LogP contribution in [0.4, 0.5) is 4.39 Å². The van der Waals surface area contributed by atoms with E-state index in [1.165, 1.54) is 36.7 Å². The van der Waals surface area contributed by atoms with Gasteiger partial charge in [-0.1, -0.05) is 18.7 Å². The zero-order valence-electron chi connectivity index (χ0n) is 14.5. The molecule has 1 aliphatic carbocycles. The first-order valence-electron chi connectivity index (χ1n) is 8.60. The lowest BCUT2D eigenvalue weighted by Crippen LogP contribution is -2.38. The van der Waals surface area contributed by atoms with Gasteiger partial charge in [-0.15, -0.1) is 10.2 Å². The molecular formula is C18H23FN4OS. The summed E-state index contributed by atoms with van der Waals surface area (Å²) in [5.74, 6) is 1.50. The molecule has 0 atom stereocenters. The van der Waals surface area contributed by atoms with Crippen molar-refractivity contribution in [2.75, 3.05) is 5.75 Å². The van der Waals surface area contributed by atoms with Crippen LogP contribution in [0, 0.1) is 11.7 Å². The Morgan fingerprint density at radius 2 is 1.92 bits per heavy atom. The van der Waals surface area contributed by atoms with Crippen LogP contribution >= 0.6 is 11.8 Å². The Kier molecular flexibility index (Phi) is 5.73. The maximum Gasteiger partial charge on any atom is 0.230 e. The number of nitrogens with one attached hydrogen (secondary N) is 1. The van der Waals surface area contributed by atoms with E-state index in [1.54, 1.807) is 12.1 Å². The number of rotatable bonds is 5. The van der Waals surface area contributed by atoms with Crippen LogP contribution in [0.1, 0.15) is 32.6 Å². The van der Waals surface area contributed by atoms with Crippen LogP contribution in [-0.4, -0.2) is 32.5 Å². The van der Waals surface area contributed by atoms with Crippen LogP contribution in [0.15, 0.2) is 29.4 Å². The highest BCUT2D eigenvalue weighted by atomic mass is 32.2. The molecule has 2 aromatic rings. The molecule has 0 radical (unpaired) electrons. The van der Waals surface area contributed by atoms with Gasteiger partial charge in [-0.3, -0.25) is 4.79 Å². The summed E-state index contributed by atoms with van der Waals surface area (Å²) in [7, 11) is 1.85. The summed E-state index contributed by atoms with van der Waals surface area (Å²) in [6.07, 6.45) is 4.50. The number of carbonyl (C=O) groups excluding carboxylic acids is 1. The molecule has 25 heavy (non-hydrogen) atoms. The van der Waals surface area contributed by atoms with Gasteiger partial charge in [0.1, 0.15) is 5.82 Å². The Labute approximate surface area is 151 Å². The SMILES string of the molecule is CC1CCC(NC(=O)CSc2nnc(-c3ccc(F)cc3)n2C)CC1. The van der Waals surface area contributed by atoms with Gasteiger partial charge in [0.15, 0.2) is 11.0 Å². The third-order valence-corrected chi connectivity index (χ3v) is 5.67. The molecule has 1 aromatic heterocycles. The van der Waals surface area contributed by atoms with Crippen LogP contribution in [0.3, 0.4) is 0 Å². The van der Waals surface area contributed by atoms with Crippen molar-refractivity contribution in [2.24, 2.45) is 13.0 Å². The van der Waals surface area contributed by atoms with Crippen molar-refractivity contribution in [2.45, 2.75) is 43.8 Å². The van der Waals surface area contributed by atoms with Crippen molar-refractivity contribution >= 4 is 17.7 Å². The first-order valence-corrected chi connectivity index (χ1v) is 9.59. The predicted octanol–water partition coefficient (Wildman–Crippen LogP) is 3.41. The second kappa shape index (κ2) is 7.99. The minimum Gasteiger partial charge on any atom is -0.353 e. The number of benzene rings is 1. The number of nitrogens with zero attached hydrogens (tertiary/aromatic N) is 3. The molecule has 0 bridgehead atoms. The molecular weight excluding hydrogens is 339 g/mol. The molecule has 1 saturated carbocycles. The van der Waals surface area contributed by atoms with Crippen LogP contribution in [0.5, 0.6) is 0 Å². The van der Waals surface area contributed by atoms with E-state index in [9.17, 15) is 9.18 Å². The van der Waals surface area contributed by atoms with E-state index >= 15 is 0 Å². The molecule has 1 aliphatic rings. The van der Waals surface area contributed by atoms with Crippen molar-refractivity contribution in [3.8, 4) is 11.4 Å². The third kappa shape index (κ3) is 4.60. The number of carbonyl (C=O) groups is 1. The number of thioether (sulfide) groups is 1. The van der Waals surface area contributed by atoms with Crippen molar-refractivity contribution in [1.29, 1.82) is 0 Å². The van der Waals surface area contributed by atoms with E-state index in [2.05, 4.69) is 22.4 Å². The zero-order chi connectivity index (χ0) is 17.8. The largest absolute Gasteiger partial charge is 0.353 e. The Morgan fingerprint density at radius 3 is 2.60 bits per heavy atom. The van der Waals surface area contributed by atoms with Crippen LogP contribution in [0.2, 0.25) is 0 Å². The highest BCUT2D eigenvalue weighted by molar-refractivity contribution is 7.99. The van der Waals surface area contributed by atoms with E-state index in [1.807, 2.05) is 11.6 Å². The van der Waals surface area contributed by atoms with E-state index in [-0.39, 0.29) is 11.7 Å². The Morgan fingerprint density at radius 1 is 1.24 bits per heavy atom. The van der Waals surface area contributed by atoms with Gasteiger partial charge in [0.05, 0.1) is 5.75 Å². The number of halogens is 1. The van der Waals surface area contributed by atoms with Gasteiger partial charge < -0.3 is 9.88 Å². The molecule has 0 aliphatic heterocycles. The van der Waals surface area contributed by atoms with Crippen molar-refractivity contribution in [1.82, 2.24) is 20.1 Å². The summed E-state index contributed by atoms with van der Waals surface area (Å²) in [6.45, 7) is 2.26. The minimum atomic E-state index is -0.283. The van der Waals surface area contributed by atoms with E-state index in [0.717, 1.165) is 24.3 Å². The normalized spacial score (nSPS) is 20.4. The summed E-state index contributed by atoms with van der Waals surface area (Å²) >= 11 is 1.37. The number of amides is 1. The van der Waals surface area contributed by atoms with Gasteiger partial charge in [-0.05, 0) is 55.9 Å². The van der Waals surface area contributed by atoms with Gasteiger partial charge >= 0.3 is 0 Å². The summed E-state index contributed by atoms with van der Waals surface area (Å²) in [6, 6.07) is 6.44. The molecule has 0 unspecified atom stereocenters. The molecule has 0 saturated heterocycles. The van der Waals surface area contributed by atoms with Crippen molar-refractivity contribution in [3.05, 3.63) is 30.1 Å². The van der Waals surface area contributed by atoms with Gasteiger partial charge in [-0.25, -0.2) is 4.39 Å². The van der Waals surface area contributed by atoms with Crippen LogP contribution < -0.4 is 5.32 Å². The molecule has 7 heteroatoms. The Balaban J connectivity index is 1.55. The number of hydrogen-bond acceptors (Lipinski definition) is 4. The third-order valence-electron chi connectivity index (χ3n) is 4.65. The van der Waals surface area contributed by atoms with Crippen molar-refractivity contribution in [3.63, 3.8) is 0 Å². The standard InChI is InChI=1S/C18H23FN4OS/c1-12-3-9-15(10-4-12)20-16(24)11-25-18-22-21-17(23(18)2)13-5-7-14(19)8-6-13/h5-8,12,15H,3-4,9-11H2,1-2H3,(H,20,24). The Hall–Kier alpha value is -1.89. The number of hydrogen-bond donors (Lipinski definition) is 1. The van der Waals surface area contributed by atoms with Gasteiger partial charge in [0, 0.05) is 18.7 Å². The molecule has 1 amide bonds. The lowest BCUT2D eigenvalue weighted by atomic mass is 9.87. The van der Waals surface area contributed by atoms with Gasteiger partial charge in [-0.2, -0.15) is 0 Å². The lowest BCUT2D eigenvalue weighted by molar-refractivity contribution is -0.119. The fourth-order valence-corrected chi connectivity index (χ4v) is 3.82. The topological polar surface area (TPSA) is 59.8 Å². The maximum absolute atomic E-state index is 13.0. The molecule has 3 rings (SSSR count). The number of aromatic nitrogens is 3. The fourth-order valence-electron chi connectivity index (χ4n) is 3.09. The highest BCUT2D eigenvalue weighted by Crippen LogP contribution is 2.25. The Bertz CT molecular complexity index is 723. The zero-order valence-corrected chi connectivity index (χ0v) is 15.4. The summed E-state index contributed by atoms with van der Waals surface area (Å²) in [5.41, 5.74) is 0.795. The highest BCUT2D eigenvalue weighted by Gasteiger charge is 2.20. The molecule has 1 aromatic carbocycles. The first-order chi connectivity index (χ1) is 12.0. The lowest BCUT2D eigenvalue weighted by Gasteiger charge is -2.26. The van der Waals surface area contributed by atoms with Gasteiger partial charge in [0.25, 0.3) is 0 Å². The molecule has 0 spiro atoms. The predicted molar refractivity (Wildman–Crippen MR) is 96.7 cm³/mol. The molecule has 5 nitrogen and oxygen atoms in total. The first kappa shape index (κ1) is 17.9. The molecule has 134 valence electrons.